The van der Waals surface area contributed by atoms with Gasteiger partial charge in [0.1, 0.15) is 18.2 Å². The van der Waals surface area contributed by atoms with Crippen LogP contribution in [0.25, 0.3) is 10.9 Å². The van der Waals surface area contributed by atoms with Crippen molar-refractivity contribution in [3.63, 3.8) is 0 Å². The molecule has 0 radical (unpaired) electrons. The maximum Gasteiger partial charge on any atom is 0.419 e. The van der Waals surface area contributed by atoms with Crippen molar-refractivity contribution in [3.05, 3.63) is 83.1 Å². The van der Waals surface area contributed by atoms with Crippen LogP contribution in [0.5, 0.6) is 0 Å². The van der Waals surface area contributed by atoms with Gasteiger partial charge in [-0.25, -0.2) is 13.2 Å². The van der Waals surface area contributed by atoms with Crippen LogP contribution in [0.3, 0.4) is 0 Å². The van der Waals surface area contributed by atoms with Gasteiger partial charge in [-0.05, 0) is 38.5 Å². The van der Waals surface area contributed by atoms with Gasteiger partial charge in [0.25, 0.3) is 5.69 Å². The van der Waals surface area contributed by atoms with Gasteiger partial charge < -0.3 is 9.47 Å². The summed E-state index contributed by atoms with van der Waals surface area (Å²) in [5.41, 5.74) is -0.423. The number of sulfonamides is 1. The molecule has 0 bridgehead atoms. The molecule has 1 aromatic heterocycles. The number of hydrogen-bond donors (Lipinski definition) is 0. The third kappa shape index (κ3) is 6.09. The van der Waals surface area contributed by atoms with E-state index in [-0.39, 0.29) is 13.0 Å². The van der Waals surface area contributed by atoms with Crippen LogP contribution in [0.2, 0.25) is 0 Å². The van der Waals surface area contributed by atoms with Crippen molar-refractivity contribution >= 4 is 38.7 Å². The van der Waals surface area contributed by atoms with E-state index in [1.165, 1.54) is 29.0 Å². The number of fused-ring (bicyclic) bond motifs is 1. The van der Waals surface area contributed by atoms with Crippen LogP contribution in [0.1, 0.15) is 26.3 Å². The number of ether oxygens (including phenoxy) is 2. The first-order valence-corrected chi connectivity index (χ1v) is 13.0. The van der Waals surface area contributed by atoms with Crippen LogP contribution in [0.15, 0.2) is 72.3 Å². The molecular weight excluding hydrogens is 514 g/mol. The zero-order valence-corrected chi connectivity index (χ0v) is 22.3. The normalized spacial score (nSPS) is 12.8. The lowest BCUT2D eigenvalue weighted by Crippen LogP contribution is -2.44. The molecule has 0 aliphatic carbocycles. The average Bonchev–Trinajstić information content (AvgIpc) is 3.23. The molecule has 3 rings (SSSR count). The molecule has 0 unspecified atom stereocenters. The number of aromatic nitrogens is 1. The van der Waals surface area contributed by atoms with Gasteiger partial charge in [0.05, 0.1) is 10.4 Å². The van der Waals surface area contributed by atoms with E-state index in [9.17, 15) is 28.1 Å². The predicted molar refractivity (Wildman–Crippen MR) is 140 cm³/mol. The summed E-state index contributed by atoms with van der Waals surface area (Å²) < 4.78 is 39.8. The van der Waals surface area contributed by atoms with Crippen LogP contribution in [-0.2, 0) is 30.7 Å². The lowest BCUT2D eigenvalue weighted by atomic mass is 10.1. The molecule has 0 spiro atoms. The number of para-hydroxylation sites is 2. The summed E-state index contributed by atoms with van der Waals surface area (Å²) in [6, 6.07) is 10.3. The maximum atomic E-state index is 13.5. The highest BCUT2D eigenvalue weighted by molar-refractivity contribution is 7.89. The van der Waals surface area contributed by atoms with Gasteiger partial charge in [0.2, 0.25) is 10.0 Å². The van der Waals surface area contributed by atoms with Gasteiger partial charge in [-0.15, -0.1) is 0 Å². The van der Waals surface area contributed by atoms with Crippen LogP contribution in [0, 0.1) is 10.1 Å². The molecule has 0 aliphatic heterocycles. The number of hydrogen-bond acceptors (Lipinski definition) is 8. The fourth-order valence-corrected chi connectivity index (χ4v) is 5.29. The molecule has 38 heavy (non-hydrogen) atoms. The van der Waals surface area contributed by atoms with E-state index < -0.39 is 49.2 Å². The summed E-state index contributed by atoms with van der Waals surface area (Å²) in [4.78, 5) is 36.1. The number of nitro benzene ring substituents is 1. The molecule has 0 saturated carbocycles. The van der Waals surface area contributed by atoms with Crippen LogP contribution < -0.4 is 0 Å². The molecule has 0 amide bonds. The Hall–Kier alpha value is -4.03. The van der Waals surface area contributed by atoms with Crippen molar-refractivity contribution in [2.24, 2.45) is 0 Å². The highest BCUT2D eigenvalue weighted by Crippen LogP contribution is 2.30. The summed E-state index contributed by atoms with van der Waals surface area (Å²) in [6.07, 6.45) is 1.98. The number of rotatable bonds is 9. The summed E-state index contributed by atoms with van der Waals surface area (Å²) in [5, 5.41) is 12.1. The van der Waals surface area contributed by atoms with Gasteiger partial charge in [0, 0.05) is 31.1 Å². The third-order valence-corrected chi connectivity index (χ3v) is 7.49. The lowest BCUT2D eigenvalue weighted by molar-refractivity contribution is -0.387. The molecule has 0 N–H and O–H groups in total. The summed E-state index contributed by atoms with van der Waals surface area (Å²) in [6.45, 7) is 8.51. The van der Waals surface area contributed by atoms with Gasteiger partial charge in [0.15, 0.2) is 4.90 Å². The molecule has 0 aliphatic rings. The van der Waals surface area contributed by atoms with Crippen LogP contribution in [0.4, 0.5) is 10.5 Å². The zero-order chi connectivity index (χ0) is 28.3. The summed E-state index contributed by atoms with van der Waals surface area (Å²) >= 11 is 0. The fraction of sp³-hybridized carbons (Fsp3) is 0.308. The molecule has 11 nitrogen and oxygen atoms in total. The molecule has 0 saturated heterocycles. The molecule has 3 aromatic rings. The first-order chi connectivity index (χ1) is 17.8. The van der Waals surface area contributed by atoms with E-state index in [2.05, 4.69) is 6.58 Å². The smallest absolute Gasteiger partial charge is 0.419 e. The minimum absolute atomic E-state index is 0.172. The largest absolute Gasteiger partial charge is 0.460 e. The van der Waals surface area contributed by atoms with E-state index in [1.54, 1.807) is 45.0 Å². The van der Waals surface area contributed by atoms with E-state index in [0.717, 1.165) is 23.5 Å². The quantitative estimate of drug-likeness (QED) is 0.169. The number of esters is 1. The van der Waals surface area contributed by atoms with Crippen LogP contribution >= 0.6 is 0 Å². The Morgan fingerprint density at radius 1 is 1.16 bits per heavy atom. The van der Waals surface area contributed by atoms with Crippen LogP contribution in [-0.4, -0.2) is 59.6 Å². The number of nitrogens with zero attached hydrogens (tertiary/aromatic N) is 3. The number of carbonyl (C=O) groups is 2. The van der Waals surface area contributed by atoms with Gasteiger partial charge >= 0.3 is 12.1 Å². The minimum atomic E-state index is -4.52. The Labute approximate surface area is 220 Å². The second-order valence-corrected chi connectivity index (χ2v) is 11.4. The van der Waals surface area contributed by atoms with Gasteiger partial charge in [-0.3, -0.25) is 19.5 Å². The van der Waals surface area contributed by atoms with E-state index in [0.29, 0.717) is 16.5 Å². The first-order valence-electron chi connectivity index (χ1n) is 11.6. The Morgan fingerprint density at radius 3 is 2.42 bits per heavy atom. The lowest BCUT2D eigenvalue weighted by Gasteiger charge is -2.25. The van der Waals surface area contributed by atoms with Crippen molar-refractivity contribution < 1.29 is 32.4 Å². The first kappa shape index (κ1) is 28.5. The van der Waals surface area contributed by atoms with Gasteiger partial charge in [-0.1, -0.05) is 43.0 Å². The number of nitro groups is 1. The topological polar surface area (TPSA) is 138 Å². The molecule has 12 heteroatoms. The number of benzene rings is 2. The van der Waals surface area contributed by atoms with E-state index in [4.69, 9.17) is 9.47 Å². The van der Waals surface area contributed by atoms with Crippen molar-refractivity contribution in [2.75, 3.05) is 13.7 Å². The molecular formula is C26H29N3O8S. The Bertz CT molecular complexity index is 1490. The van der Waals surface area contributed by atoms with Crippen molar-refractivity contribution in [1.82, 2.24) is 8.87 Å². The molecule has 2 aromatic carbocycles. The average molecular weight is 544 g/mol. The summed E-state index contributed by atoms with van der Waals surface area (Å²) in [5.74, 6) is -0.886. The second-order valence-electron chi connectivity index (χ2n) is 9.41. The monoisotopic (exact) mass is 543 g/mol. The van der Waals surface area contributed by atoms with Crippen molar-refractivity contribution in [2.45, 2.75) is 43.7 Å². The van der Waals surface area contributed by atoms with E-state index in [1.807, 2.05) is 0 Å². The fourth-order valence-electron chi connectivity index (χ4n) is 3.83. The summed E-state index contributed by atoms with van der Waals surface area (Å²) in [7, 11) is -3.37. The van der Waals surface area contributed by atoms with Crippen molar-refractivity contribution in [1.29, 1.82) is 0 Å². The molecule has 1 heterocycles. The second kappa shape index (κ2) is 11.2. The van der Waals surface area contributed by atoms with Crippen molar-refractivity contribution in [3.8, 4) is 0 Å². The minimum Gasteiger partial charge on any atom is -0.460 e. The Morgan fingerprint density at radius 2 is 1.79 bits per heavy atom. The molecule has 1 atom stereocenters. The maximum absolute atomic E-state index is 13.5. The number of likely N-dealkylation sites (N-methyl/N-ethyl adjacent to an activating group) is 1. The highest BCUT2D eigenvalue weighted by Gasteiger charge is 2.38. The van der Waals surface area contributed by atoms with Gasteiger partial charge in [-0.2, -0.15) is 4.31 Å². The SMILES string of the molecule is C=CCOC(=O)[C@H](Cc1cn(C(=O)OC(C)(C)C)c2ccccc12)N(C)S(=O)(=O)c1ccccc1[N+](=O)[O-]. The Kier molecular flexibility index (Phi) is 8.38. The third-order valence-electron chi connectivity index (χ3n) is 5.57. The zero-order valence-electron chi connectivity index (χ0n) is 21.5. The molecule has 0 fully saturated rings. The standard InChI is InChI=1S/C26H29N3O8S/c1-6-15-36-24(30)22(27(5)38(34,35)23-14-10-9-13-21(23)29(32)33)16-18-17-28(25(31)37-26(2,3)4)20-12-8-7-11-19(18)20/h6-14,17,22H,1,15-16H2,2-5H3/t22-/m0/s1. The Balaban J connectivity index is 2.10. The van der Waals surface area contributed by atoms with E-state index >= 15 is 0 Å². The number of carbonyl (C=O) groups excluding carboxylic acids is 2. The predicted octanol–water partition coefficient (Wildman–Crippen LogP) is 4.29. The highest BCUT2D eigenvalue weighted by atomic mass is 32.2. The molecule has 202 valence electrons.